The molecular weight excluding hydrogens is 282 g/mol. The molecule has 2 amide bonds. The first-order valence-electron chi connectivity index (χ1n) is 7.28. The second-order valence-corrected chi connectivity index (χ2v) is 5.27. The summed E-state index contributed by atoms with van der Waals surface area (Å²) in [5.74, 6) is -0.455. The number of hydrogen-bond acceptors (Lipinski definition) is 4. The van der Waals surface area contributed by atoms with Gasteiger partial charge in [0.2, 0.25) is 11.8 Å². The van der Waals surface area contributed by atoms with E-state index in [1.54, 1.807) is 7.11 Å². The van der Waals surface area contributed by atoms with Crippen LogP contribution < -0.4 is 16.0 Å². The number of amides is 2. The minimum atomic E-state index is -0.236. The van der Waals surface area contributed by atoms with Crippen molar-refractivity contribution in [1.82, 2.24) is 10.6 Å². The zero-order valence-electron chi connectivity index (χ0n) is 13.7. The molecule has 0 aliphatic rings. The van der Waals surface area contributed by atoms with Crippen molar-refractivity contribution in [2.24, 2.45) is 0 Å². The smallest absolute Gasteiger partial charge is 0.243 e. The maximum atomic E-state index is 11.9. The number of rotatable bonds is 8. The van der Waals surface area contributed by atoms with Crippen molar-refractivity contribution in [2.75, 3.05) is 38.7 Å². The van der Waals surface area contributed by atoms with Crippen molar-refractivity contribution in [3.63, 3.8) is 0 Å². The minimum absolute atomic E-state index is 0.0441. The van der Waals surface area contributed by atoms with Crippen LogP contribution in [0, 0.1) is 20.8 Å². The first-order valence-corrected chi connectivity index (χ1v) is 7.28. The number of hydrogen-bond donors (Lipinski definition) is 3. The SMILES string of the molecule is COCCNCC(=O)NCC(=O)Nc1c(C)cc(C)cc1C. The van der Waals surface area contributed by atoms with E-state index in [9.17, 15) is 9.59 Å². The Morgan fingerprint density at radius 3 is 2.27 bits per heavy atom. The van der Waals surface area contributed by atoms with Gasteiger partial charge in [0.15, 0.2) is 0 Å². The van der Waals surface area contributed by atoms with Crippen LogP contribution in [0.2, 0.25) is 0 Å². The lowest BCUT2D eigenvalue weighted by atomic mass is 10.1. The van der Waals surface area contributed by atoms with Crippen LogP contribution in [0.5, 0.6) is 0 Å². The van der Waals surface area contributed by atoms with Crippen LogP contribution >= 0.6 is 0 Å². The predicted molar refractivity (Wildman–Crippen MR) is 87.0 cm³/mol. The predicted octanol–water partition coefficient (Wildman–Crippen LogP) is 0.903. The number of ether oxygens (including phenoxy) is 1. The summed E-state index contributed by atoms with van der Waals surface area (Å²) in [5, 5.41) is 8.33. The molecule has 0 fully saturated rings. The number of anilines is 1. The van der Waals surface area contributed by atoms with Gasteiger partial charge in [-0.3, -0.25) is 9.59 Å². The van der Waals surface area contributed by atoms with E-state index in [-0.39, 0.29) is 24.9 Å². The van der Waals surface area contributed by atoms with Gasteiger partial charge in [-0.15, -0.1) is 0 Å². The van der Waals surface area contributed by atoms with E-state index in [1.807, 2.05) is 32.9 Å². The fourth-order valence-corrected chi connectivity index (χ4v) is 2.18. The first-order chi connectivity index (χ1) is 10.4. The monoisotopic (exact) mass is 307 g/mol. The van der Waals surface area contributed by atoms with Gasteiger partial charge >= 0.3 is 0 Å². The molecule has 6 nitrogen and oxygen atoms in total. The number of methoxy groups -OCH3 is 1. The summed E-state index contributed by atoms with van der Waals surface area (Å²) in [6.07, 6.45) is 0. The summed E-state index contributed by atoms with van der Waals surface area (Å²) >= 11 is 0. The molecule has 122 valence electrons. The van der Waals surface area contributed by atoms with Crippen LogP contribution in [0.3, 0.4) is 0 Å². The maximum absolute atomic E-state index is 11.9. The number of nitrogens with one attached hydrogen (secondary N) is 3. The summed E-state index contributed by atoms with van der Waals surface area (Å²) in [6, 6.07) is 4.03. The van der Waals surface area contributed by atoms with Gasteiger partial charge in [-0.05, 0) is 31.9 Å². The van der Waals surface area contributed by atoms with Crippen molar-refractivity contribution < 1.29 is 14.3 Å². The van der Waals surface area contributed by atoms with Crippen molar-refractivity contribution in [2.45, 2.75) is 20.8 Å². The van der Waals surface area contributed by atoms with Gasteiger partial charge in [0.05, 0.1) is 19.7 Å². The molecule has 1 aromatic carbocycles. The zero-order valence-corrected chi connectivity index (χ0v) is 13.7. The zero-order chi connectivity index (χ0) is 16.5. The van der Waals surface area contributed by atoms with Crippen LogP contribution in [0.15, 0.2) is 12.1 Å². The van der Waals surface area contributed by atoms with Gasteiger partial charge in [-0.1, -0.05) is 17.7 Å². The number of carbonyl (C=O) groups is 2. The molecule has 6 heteroatoms. The van der Waals surface area contributed by atoms with Crippen LogP contribution in [0.25, 0.3) is 0 Å². The molecule has 0 aliphatic carbocycles. The maximum Gasteiger partial charge on any atom is 0.243 e. The topological polar surface area (TPSA) is 79.5 Å². The molecule has 0 bridgehead atoms. The summed E-state index contributed by atoms with van der Waals surface area (Å²) in [4.78, 5) is 23.5. The van der Waals surface area contributed by atoms with Crippen LogP contribution in [0.1, 0.15) is 16.7 Å². The molecule has 1 aromatic rings. The number of aryl methyl sites for hydroxylation is 3. The van der Waals surface area contributed by atoms with Crippen LogP contribution in [-0.4, -0.2) is 45.2 Å². The van der Waals surface area contributed by atoms with Gasteiger partial charge in [0.1, 0.15) is 0 Å². The molecule has 1 rings (SSSR count). The first kappa shape index (κ1) is 18.1. The third-order valence-electron chi connectivity index (χ3n) is 3.16. The Hall–Kier alpha value is -1.92. The van der Waals surface area contributed by atoms with Crippen LogP contribution in [0.4, 0.5) is 5.69 Å². The van der Waals surface area contributed by atoms with Crippen molar-refractivity contribution in [3.05, 3.63) is 28.8 Å². The molecular formula is C16H25N3O3. The number of benzene rings is 1. The van der Waals surface area contributed by atoms with Crippen molar-refractivity contribution in [1.29, 1.82) is 0 Å². The van der Waals surface area contributed by atoms with Gasteiger partial charge < -0.3 is 20.7 Å². The average molecular weight is 307 g/mol. The summed E-state index contributed by atoms with van der Waals surface area (Å²) < 4.78 is 4.86. The molecule has 22 heavy (non-hydrogen) atoms. The summed E-state index contributed by atoms with van der Waals surface area (Å²) in [7, 11) is 1.60. The van der Waals surface area contributed by atoms with Gasteiger partial charge in [-0.25, -0.2) is 0 Å². The third kappa shape index (κ3) is 6.24. The van der Waals surface area contributed by atoms with E-state index in [0.29, 0.717) is 13.2 Å². The van der Waals surface area contributed by atoms with Crippen molar-refractivity contribution >= 4 is 17.5 Å². The standard InChI is InChI=1S/C16H25N3O3/c1-11-7-12(2)16(13(3)8-11)19-15(21)10-18-14(20)9-17-5-6-22-4/h7-8,17H,5-6,9-10H2,1-4H3,(H,18,20)(H,19,21). The Morgan fingerprint density at radius 2 is 1.68 bits per heavy atom. The Kier molecular flexibility index (Phi) is 7.56. The molecule has 0 unspecified atom stereocenters. The summed E-state index contributed by atoms with van der Waals surface area (Å²) in [6.45, 7) is 7.18. The molecule has 0 spiro atoms. The minimum Gasteiger partial charge on any atom is -0.383 e. The van der Waals surface area contributed by atoms with Crippen molar-refractivity contribution in [3.8, 4) is 0 Å². The Labute approximate surface area is 131 Å². The largest absolute Gasteiger partial charge is 0.383 e. The molecule has 0 saturated carbocycles. The van der Waals surface area contributed by atoms with E-state index in [1.165, 1.54) is 0 Å². The van der Waals surface area contributed by atoms with E-state index in [2.05, 4.69) is 16.0 Å². The Bertz CT molecular complexity index is 506. The highest BCUT2D eigenvalue weighted by atomic mass is 16.5. The number of carbonyl (C=O) groups excluding carboxylic acids is 2. The highest BCUT2D eigenvalue weighted by Crippen LogP contribution is 2.21. The van der Waals surface area contributed by atoms with E-state index in [0.717, 1.165) is 22.4 Å². The van der Waals surface area contributed by atoms with Gasteiger partial charge in [0, 0.05) is 19.3 Å². The highest BCUT2D eigenvalue weighted by Gasteiger charge is 2.09. The van der Waals surface area contributed by atoms with E-state index >= 15 is 0 Å². The molecule has 0 heterocycles. The molecule has 0 radical (unpaired) electrons. The van der Waals surface area contributed by atoms with Gasteiger partial charge in [-0.2, -0.15) is 0 Å². The quantitative estimate of drug-likeness (QED) is 0.624. The average Bonchev–Trinajstić information content (AvgIpc) is 2.45. The fourth-order valence-electron chi connectivity index (χ4n) is 2.18. The fraction of sp³-hybridized carbons (Fsp3) is 0.500. The second-order valence-electron chi connectivity index (χ2n) is 5.27. The molecule has 3 N–H and O–H groups in total. The highest BCUT2D eigenvalue weighted by molar-refractivity contribution is 5.96. The molecule has 0 aliphatic heterocycles. The Morgan fingerprint density at radius 1 is 1.05 bits per heavy atom. The lowest BCUT2D eigenvalue weighted by Crippen LogP contribution is -2.39. The second kappa shape index (κ2) is 9.17. The normalized spacial score (nSPS) is 10.4. The summed E-state index contributed by atoms with van der Waals surface area (Å²) in [5.41, 5.74) is 3.99. The Balaban J connectivity index is 2.39. The van der Waals surface area contributed by atoms with Crippen LogP contribution in [-0.2, 0) is 14.3 Å². The lowest BCUT2D eigenvalue weighted by Gasteiger charge is -2.13. The molecule has 0 atom stereocenters. The molecule has 0 aromatic heterocycles. The lowest BCUT2D eigenvalue weighted by molar-refractivity contribution is -0.123. The van der Waals surface area contributed by atoms with E-state index < -0.39 is 0 Å². The van der Waals surface area contributed by atoms with E-state index in [4.69, 9.17) is 4.74 Å². The molecule has 0 saturated heterocycles. The van der Waals surface area contributed by atoms with Gasteiger partial charge in [0.25, 0.3) is 0 Å². The third-order valence-corrected chi connectivity index (χ3v) is 3.16.